The van der Waals surface area contributed by atoms with Gasteiger partial charge in [-0.15, -0.1) is 0 Å². The Hall–Kier alpha value is -2.50. The van der Waals surface area contributed by atoms with Crippen molar-refractivity contribution in [3.8, 4) is 11.5 Å². The van der Waals surface area contributed by atoms with E-state index in [2.05, 4.69) is 20.6 Å². The highest BCUT2D eigenvalue weighted by Gasteiger charge is 2.12. The van der Waals surface area contributed by atoms with E-state index in [1.807, 2.05) is 24.3 Å². The number of rotatable bonds is 4. The molecule has 0 bridgehead atoms. The topological polar surface area (TPSA) is 68.3 Å². The minimum atomic E-state index is 0.295. The molecule has 1 aromatic heterocycles. The summed E-state index contributed by atoms with van der Waals surface area (Å²) in [5, 5.41) is 6.14. The lowest BCUT2D eigenvalue weighted by Gasteiger charge is -2.07. The number of fused-ring (bicyclic) bond motifs is 1. The molecular weight excluding hydrogens is 244 g/mol. The number of anilines is 2. The van der Waals surface area contributed by atoms with Crippen LogP contribution >= 0.6 is 0 Å². The smallest absolute Gasteiger partial charge is 0.231 e. The van der Waals surface area contributed by atoms with Gasteiger partial charge in [-0.1, -0.05) is 6.07 Å². The third-order valence-electron chi connectivity index (χ3n) is 2.79. The van der Waals surface area contributed by atoms with E-state index < -0.39 is 0 Å². The van der Waals surface area contributed by atoms with Crippen molar-refractivity contribution < 1.29 is 9.47 Å². The SMILES string of the molecule is CNc1nccc(NCc2ccc3c(c2)OCO3)n1. The van der Waals surface area contributed by atoms with Gasteiger partial charge in [0.2, 0.25) is 12.7 Å². The molecule has 0 unspecified atom stereocenters. The standard InChI is InChI=1S/C13H14N4O2/c1-14-13-15-5-4-12(17-13)16-7-9-2-3-10-11(6-9)19-8-18-10/h2-6H,7-8H2,1H3,(H2,14,15,16,17). The summed E-state index contributed by atoms with van der Waals surface area (Å²) < 4.78 is 10.6. The predicted octanol–water partition coefficient (Wildman–Crippen LogP) is 1.86. The van der Waals surface area contributed by atoms with Crippen molar-refractivity contribution in [2.24, 2.45) is 0 Å². The Balaban J connectivity index is 1.68. The van der Waals surface area contributed by atoms with Crippen LogP contribution in [-0.4, -0.2) is 23.8 Å². The molecule has 0 aliphatic carbocycles. The minimum Gasteiger partial charge on any atom is -0.454 e. The van der Waals surface area contributed by atoms with Crippen molar-refractivity contribution in [1.82, 2.24) is 9.97 Å². The Morgan fingerprint density at radius 1 is 1.21 bits per heavy atom. The quantitative estimate of drug-likeness (QED) is 0.872. The molecule has 1 aromatic carbocycles. The fourth-order valence-corrected chi connectivity index (χ4v) is 1.82. The van der Waals surface area contributed by atoms with Crippen molar-refractivity contribution in [2.75, 3.05) is 24.5 Å². The highest BCUT2D eigenvalue weighted by molar-refractivity contribution is 5.46. The number of hydrogen-bond acceptors (Lipinski definition) is 6. The molecule has 0 saturated heterocycles. The second-order valence-corrected chi connectivity index (χ2v) is 4.06. The van der Waals surface area contributed by atoms with Crippen LogP contribution in [-0.2, 0) is 6.54 Å². The molecule has 0 fully saturated rings. The molecule has 19 heavy (non-hydrogen) atoms. The second-order valence-electron chi connectivity index (χ2n) is 4.06. The minimum absolute atomic E-state index is 0.295. The maximum atomic E-state index is 5.34. The van der Waals surface area contributed by atoms with Crippen LogP contribution in [0.15, 0.2) is 30.5 Å². The second kappa shape index (κ2) is 5.01. The zero-order valence-corrected chi connectivity index (χ0v) is 10.5. The lowest BCUT2D eigenvalue weighted by Crippen LogP contribution is -2.04. The van der Waals surface area contributed by atoms with E-state index >= 15 is 0 Å². The summed E-state index contributed by atoms with van der Waals surface area (Å²) in [5.74, 6) is 2.95. The normalized spacial score (nSPS) is 12.3. The van der Waals surface area contributed by atoms with E-state index in [9.17, 15) is 0 Å². The molecule has 2 heterocycles. The Labute approximate surface area is 110 Å². The van der Waals surface area contributed by atoms with Gasteiger partial charge >= 0.3 is 0 Å². The average Bonchev–Trinajstić information content (AvgIpc) is 2.93. The van der Waals surface area contributed by atoms with E-state index in [1.54, 1.807) is 13.2 Å². The van der Waals surface area contributed by atoms with Crippen LogP contribution in [0, 0.1) is 0 Å². The lowest BCUT2D eigenvalue weighted by atomic mass is 10.2. The number of aromatic nitrogens is 2. The van der Waals surface area contributed by atoms with Crippen molar-refractivity contribution in [3.63, 3.8) is 0 Å². The van der Waals surface area contributed by atoms with Crippen LogP contribution in [0.2, 0.25) is 0 Å². The van der Waals surface area contributed by atoms with Gasteiger partial charge in [-0.3, -0.25) is 0 Å². The van der Waals surface area contributed by atoms with E-state index in [-0.39, 0.29) is 0 Å². The summed E-state index contributed by atoms with van der Waals surface area (Å²) >= 11 is 0. The molecular formula is C13H14N4O2. The molecule has 0 amide bonds. The monoisotopic (exact) mass is 258 g/mol. The van der Waals surface area contributed by atoms with Gasteiger partial charge in [0.15, 0.2) is 11.5 Å². The van der Waals surface area contributed by atoms with Crippen LogP contribution in [0.25, 0.3) is 0 Å². The maximum Gasteiger partial charge on any atom is 0.231 e. The Bertz CT molecular complexity index is 589. The number of benzene rings is 1. The molecule has 0 atom stereocenters. The number of ether oxygens (including phenoxy) is 2. The van der Waals surface area contributed by atoms with Crippen molar-refractivity contribution in [1.29, 1.82) is 0 Å². The molecule has 3 rings (SSSR count). The van der Waals surface area contributed by atoms with Gasteiger partial charge in [0.05, 0.1) is 0 Å². The van der Waals surface area contributed by atoms with Gasteiger partial charge in [-0.25, -0.2) is 4.98 Å². The highest BCUT2D eigenvalue weighted by atomic mass is 16.7. The summed E-state index contributed by atoms with van der Waals surface area (Å²) in [4.78, 5) is 8.35. The largest absolute Gasteiger partial charge is 0.454 e. The van der Waals surface area contributed by atoms with Gasteiger partial charge in [-0.2, -0.15) is 4.98 Å². The van der Waals surface area contributed by atoms with E-state index in [0.717, 1.165) is 22.9 Å². The molecule has 2 N–H and O–H groups in total. The van der Waals surface area contributed by atoms with Crippen LogP contribution in [0.1, 0.15) is 5.56 Å². The van der Waals surface area contributed by atoms with Crippen LogP contribution in [0.5, 0.6) is 11.5 Å². The van der Waals surface area contributed by atoms with Gasteiger partial charge in [-0.05, 0) is 23.8 Å². The summed E-state index contributed by atoms with van der Waals surface area (Å²) in [5.41, 5.74) is 1.11. The first-order valence-corrected chi connectivity index (χ1v) is 5.98. The lowest BCUT2D eigenvalue weighted by molar-refractivity contribution is 0.174. The first-order valence-electron chi connectivity index (χ1n) is 5.98. The third kappa shape index (κ3) is 2.52. The molecule has 6 nitrogen and oxygen atoms in total. The third-order valence-corrected chi connectivity index (χ3v) is 2.79. The Kier molecular flexibility index (Phi) is 3.06. The predicted molar refractivity (Wildman–Crippen MR) is 71.5 cm³/mol. The molecule has 2 aromatic rings. The molecule has 1 aliphatic rings. The summed E-state index contributed by atoms with van der Waals surface area (Å²) in [6, 6.07) is 7.71. The molecule has 0 spiro atoms. The van der Waals surface area contributed by atoms with E-state index in [4.69, 9.17) is 9.47 Å². The molecule has 1 aliphatic heterocycles. The summed E-state index contributed by atoms with van der Waals surface area (Å²) in [6.07, 6.45) is 1.71. The van der Waals surface area contributed by atoms with Gasteiger partial charge in [0.25, 0.3) is 0 Å². The Morgan fingerprint density at radius 2 is 2.11 bits per heavy atom. The van der Waals surface area contributed by atoms with Crippen molar-refractivity contribution in [3.05, 3.63) is 36.0 Å². The molecule has 0 saturated carbocycles. The number of nitrogens with one attached hydrogen (secondary N) is 2. The molecule has 98 valence electrons. The van der Waals surface area contributed by atoms with Gasteiger partial charge in [0, 0.05) is 19.8 Å². The van der Waals surface area contributed by atoms with E-state index in [0.29, 0.717) is 19.3 Å². The van der Waals surface area contributed by atoms with E-state index in [1.165, 1.54) is 0 Å². The zero-order chi connectivity index (χ0) is 13.1. The van der Waals surface area contributed by atoms with Crippen molar-refractivity contribution >= 4 is 11.8 Å². The fraction of sp³-hybridized carbons (Fsp3) is 0.231. The van der Waals surface area contributed by atoms with Crippen molar-refractivity contribution in [2.45, 2.75) is 6.54 Å². The van der Waals surface area contributed by atoms with Gasteiger partial charge < -0.3 is 20.1 Å². The maximum absolute atomic E-state index is 5.34. The van der Waals surface area contributed by atoms with Gasteiger partial charge in [0.1, 0.15) is 5.82 Å². The summed E-state index contributed by atoms with van der Waals surface area (Å²) in [6.45, 7) is 0.959. The first-order chi connectivity index (χ1) is 9.35. The fourth-order valence-electron chi connectivity index (χ4n) is 1.82. The summed E-state index contributed by atoms with van der Waals surface area (Å²) in [7, 11) is 1.79. The average molecular weight is 258 g/mol. The van der Waals surface area contributed by atoms with Crippen LogP contribution < -0.4 is 20.1 Å². The number of hydrogen-bond donors (Lipinski definition) is 2. The highest BCUT2D eigenvalue weighted by Crippen LogP contribution is 2.32. The molecule has 6 heteroatoms. The van der Waals surface area contributed by atoms with Crippen LogP contribution in [0.3, 0.4) is 0 Å². The van der Waals surface area contributed by atoms with Crippen LogP contribution in [0.4, 0.5) is 11.8 Å². The number of nitrogens with zero attached hydrogens (tertiary/aromatic N) is 2. The Morgan fingerprint density at radius 3 is 3.00 bits per heavy atom. The zero-order valence-electron chi connectivity index (χ0n) is 10.5. The molecule has 0 radical (unpaired) electrons. The first kappa shape index (κ1) is 11.6.